The van der Waals surface area contributed by atoms with Crippen molar-refractivity contribution in [1.29, 1.82) is 0 Å². The highest BCUT2D eigenvalue weighted by atomic mass is 79.9. The van der Waals surface area contributed by atoms with Crippen LogP contribution in [0.2, 0.25) is 5.02 Å². The number of carbonyl (C=O) groups excluding carboxylic acids is 2. The van der Waals surface area contributed by atoms with Crippen LogP contribution in [0.5, 0.6) is 5.75 Å². The molecule has 0 saturated carbocycles. The van der Waals surface area contributed by atoms with Crippen molar-refractivity contribution in [1.82, 2.24) is 10.2 Å². The van der Waals surface area contributed by atoms with Gasteiger partial charge in [-0.15, -0.1) is 0 Å². The highest BCUT2D eigenvalue weighted by Gasteiger charge is 2.31. The van der Waals surface area contributed by atoms with Crippen molar-refractivity contribution in [2.45, 2.75) is 59.2 Å². The normalized spacial score (nSPS) is 12.2. The molecule has 0 aliphatic heterocycles. The van der Waals surface area contributed by atoms with Gasteiger partial charge >= 0.3 is 0 Å². The van der Waals surface area contributed by atoms with E-state index in [1.165, 1.54) is 0 Å². The monoisotopic (exact) mass is 508 g/mol. The second-order valence-electron chi connectivity index (χ2n) is 8.47. The Balaban J connectivity index is 2.27. The van der Waals surface area contributed by atoms with E-state index in [0.717, 1.165) is 15.6 Å². The Morgan fingerprint density at radius 3 is 2.45 bits per heavy atom. The van der Waals surface area contributed by atoms with Crippen molar-refractivity contribution in [2.75, 3.05) is 6.61 Å². The van der Waals surface area contributed by atoms with Crippen molar-refractivity contribution in [3.05, 3.63) is 63.1 Å². The number of rotatable bonds is 8. The van der Waals surface area contributed by atoms with Gasteiger partial charge in [-0.1, -0.05) is 58.7 Å². The molecule has 1 N–H and O–H groups in total. The van der Waals surface area contributed by atoms with Crippen molar-refractivity contribution in [2.24, 2.45) is 0 Å². The van der Waals surface area contributed by atoms with E-state index < -0.39 is 11.6 Å². The number of hydrogen-bond acceptors (Lipinski definition) is 3. The summed E-state index contributed by atoms with van der Waals surface area (Å²) in [5.74, 6) is -0.0435. The molecule has 0 saturated heterocycles. The van der Waals surface area contributed by atoms with E-state index in [2.05, 4.69) is 21.2 Å². The van der Waals surface area contributed by atoms with E-state index in [-0.39, 0.29) is 18.4 Å². The SMILES string of the molecule is CCC(C(=O)NC(C)(C)C)N(Cc1ccccc1C)C(=O)COc1ccc(Br)cc1Cl. The van der Waals surface area contributed by atoms with Gasteiger partial charge in [-0.05, 0) is 63.4 Å². The van der Waals surface area contributed by atoms with Crippen LogP contribution in [0.3, 0.4) is 0 Å². The second kappa shape index (κ2) is 11.0. The summed E-state index contributed by atoms with van der Waals surface area (Å²) in [6.45, 7) is 9.76. The zero-order valence-electron chi connectivity index (χ0n) is 18.7. The first-order chi connectivity index (χ1) is 14.5. The van der Waals surface area contributed by atoms with Crippen molar-refractivity contribution >= 4 is 39.3 Å². The lowest BCUT2D eigenvalue weighted by molar-refractivity contribution is -0.143. The van der Waals surface area contributed by atoms with Crippen LogP contribution in [0.4, 0.5) is 0 Å². The van der Waals surface area contributed by atoms with Gasteiger partial charge < -0.3 is 15.0 Å². The van der Waals surface area contributed by atoms with Gasteiger partial charge in [-0.25, -0.2) is 0 Å². The van der Waals surface area contributed by atoms with E-state index >= 15 is 0 Å². The summed E-state index contributed by atoms with van der Waals surface area (Å²) in [4.78, 5) is 27.8. The van der Waals surface area contributed by atoms with Crippen LogP contribution in [0.25, 0.3) is 0 Å². The maximum Gasteiger partial charge on any atom is 0.261 e. The number of halogens is 2. The van der Waals surface area contributed by atoms with Gasteiger partial charge in [0.1, 0.15) is 11.8 Å². The molecule has 2 rings (SSSR count). The first-order valence-corrected chi connectivity index (χ1v) is 11.4. The quantitative estimate of drug-likeness (QED) is 0.510. The van der Waals surface area contributed by atoms with Crippen LogP contribution in [0, 0.1) is 6.92 Å². The van der Waals surface area contributed by atoms with Crippen LogP contribution in [0.15, 0.2) is 46.9 Å². The Morgan fingerprint density at radius 2 is 1.87 bits per heavy atom. The number of aryl methyl sites for hydroxylation is 1. The molecular formula is C24H30BrClN2O3. The lowest BCUT2D eigenvalue weighted by Crippen LogP contribution is -2.54. The highest BCUT2D eigenvalue weighted by Crippen LogP contribution is 2.28. The van der Waals surface area contributed by atoms with Gasteiger partial charge in [0.25, 0.3) is 5.91 Å². The summed E-state index contributed by atoms with van der Waals surface area (Å²) in [7, 11) is 0. The smallest absolute Gasteiger partial charge is 0.261 e. The summed E-state index contributed by atoms with van der Waals surface area (Å²) >= 11 is 9.56. The lowest BCUT2D eigenvalue weighted by Gasteiger charge is -2.33. The summed E-state index contributed by atoms with van der Waals surface area (Å²) in [6.07, 6.45) is 0.485. The molecule has 0 aliphatic rings. The zero-order valence-corrected chi connectivity index (χ0v) is 21.0. The van der Waals surface area contributed by atoms with Crippen LogP contribution < -0.4 is 10.1 Å². The first-order valence-electron chi connectivity index (χ1n) is 10.3. The maximum atomic E-state index is 13.2. The van der Waals surface area contributed by atoms with E-state index in [9.17, 15) is 9.59 Å². The van der Waals surface area contributed by atoms with Gasteiger partial charge in [0, 0.05) is 16.6 Å². The Hall–Kier alpha value is -2.05. The van der Waals surface area contributed by atoms with Crippen LogP contribution in [0.1, 0.15) is 45.2 Å². The van der Waals surface area contributed by atoms with Gasteiger partial charge in [0.2, 0.25) is 5.91 Å². The summed E-state index contributed by atoms with van der Waals surface area (Å²) < 4.78 is 6.52. The minimum atomic E-state index is -0.615. The molecule has 2 aromatic rings. The molecule has 2 aromatic carbocycles. The van der Waals surface area contributed by atoms with Gasteiger partial charge in [0.15, 0.2) is 6.61 Å². The zero-order chi connectivity index (χ0) is 23.2. The average Bonchev–Trinajstić information content (AvgIpc) is 2.67. The van der Waals surface area contributed by atoms with E-state index in [4.69, 9.17) is 16.3 Å². The Kier molecular flexibility index (Phi) is 8.95. The molecule has 0 heterocycles. The molecule has 0 aliphatic carbocycles. The van der Waals surface area contributed by atoms with Crippen molar-refractivity contribution < 1.29 is 14.3 Å². The molecule has 7 heteroatoms. The fourth-order valence-corrected chi connectivity index (χ4v) is 3.89. The van der Waals surface area contributed by atoms with Crippen molar-refractivity contribution in [3.8, 4) is 5.75 Å². The van der Waals surface area contributed by atoms with Crippen molar-refractivity contribution in [3.63, 3.8) is 0 Å². The molecule has 0 bridgehead atoms. The number of ether oxygens (including phenoxy) is 1. The standard InChI is InChI=1S/C24H30BrClN2O3/c1-6-20(23(30)27-24(3,4)5)28(14-17-10-8-7-9-16(17)2)22(29)15-31-21-12-11-18(25)13-19(21)26/h7-13,20H,6,14-15H2,1-5H3,(H,27,30). The van der Waals surface area contributed by atoms with Crippen LogP contribution in [-0.2, 0) is 16.1 Å². The predicted octanol–water partition coefficient (Wildman–Crippen LogP) is 5.51. The molecule has 1 unspecified atom stereocenters. The van der Waals surface area contributed by atoms with E-state index in [0.29, 0.717) is 23.7 Å². The van der Waals surface area contributed by atoms with Gasteiger partial charge in [-0.2, -0.15) is 0 Å². The summed E-state index contributed by atoms with van der Waals surface area (Å²) in [6, 6.07) is 12.4. The maximum absolute atomic E-state index is 13.2. The Bertz CT molecular complexity index is 927. The minimum absolute atomic E-state index is 0.182. The fourth-order valence-electron chi connectivity index (χ4n) is 3.16. The highest BCUT2D eigenvalue weighted by molar-refractivity contribution is 9.10. The molecule has 5 nitrogen and oxygen atoms in total. The number of nitrogens with zero attached hydrogens (tertiary/aromatic N) is 1. The molecule has 168 valence electrons. The largest absolute Gasteiger partial charge is 0.482 e. The molecule has 0 spiro atoms. The number of hydrogen-bond donors (Lipinski definition) is 1. The number of carbonyl (C=O) groups is 2. The summed E-state index contributed by atoms with van der Waals surface area (Å²) in [5, 5.41) is 3.40. The number of nitrogens with one attached hydrogen (secondary N) is 1. The average molecular weight is 510 g/mol. The van der Waals surface area contributed by atoms with E-state index in [1.54, 1.807) is 23.1 Å². The number of benzene rings is 2. The molecule has 31 heavy (non-hydrogen) atoms. The third kappa shape index (κ3) is 7.54. The molecular weight excluding hydrogens is 480 g/mol. The Labute approximate surface area is 198 Å². The topological polar surface area (TPSA) is 58.6 Å². The fraction of sp³-hybridized carbons (Fsp3) is 0.417. The molecule has 0 radical (unpaired) electrons. The molecule has 1 atom stereocenters. The first kappa shape index (κ1) is 25.2. The van der Waals surface area contributed by atoms with Crippen LogP contribution >= 0.6 is 27.5 Å². The molecule has 0 fully saturated rings. The molecule has 2 amide bonds. The van der Waals surface area contributed by atoms with Gasteiger partial charge in [0.05, 0.1) is 5.02 Å². The predicted molar refractivity (Wildman–Crippen MR) is 128 cm³/mol. The lowest BCUT2D eigenvalue weighted by atomic mass is 10.0. The summed E-state index contributed by atoms with van der Waals surface area (Å²) in [5.41, 5.74) is 1.64. The second-order valence-corrected chi connectivity index (χ2v) is 9.80. The van der Waals surface area contributed by atoms with Crippen LogP contribution in [-0.4, -0.2) is 34.9 Å². The Morgan fingerprint density at radius 1 is 1.19 bits per heavy atom. The van der Waals surface area contributed by atoms with E-state index in [1.807, 2.05) is 58.9 Å². The molecule has 0 aromatic heterocycles. The number of amides is 2. The van der Waals surface area contributed by atoms with Gasteiger partial charge in [-0.3, -0.25) is 9.59 Å². The third-order valence-electron chi connectivity index (χ3n) is 4.73. The minimum Gasteiger partial charge on any atom is -0.482 e. The third-order valence-corrected chi connectivity index (χ3v) is 5.52.